The number of anilines is 1. The molecule has 0 radical (unpaired) electrons. The topological polar surface area (TPSA) is 61.4 Å². The second-order valence-electron chi connectivity index (χ2n) is 5.90. The van der Waals surface area contributed by atoms with Crippen molar-refractivity contribution in [2.45, 2.75) is 12.8 Å². The fourth-order valence-electron chi connectivity index (χ4n) is 2.96. The van der Waals surface area contributed by atoms with Crippen LogP contribution in [0, 0.1) is 0 Å². The molecule has 0 unspecified atom stereocenters. The molecular weight excluding hydrogens is 310 g/mol. The van der Waals surface area contributed by atoms with Gasteiger partial charge in [0.05, 0.1) is 5.69 Å². The molecule has 0 spiro atoms. The first-order chi connectivity index (χ1) is 11.2. The van der Waals surface area contributed by atoms with Gasteiger partial charge in [-0.15, -0.1) is 11.3 Å². The molecule has 0 saturated carbocycles. The quantitative estimate of drug-likeness (QED) is 0.912. The summed E-state index contributed by atoms with van der Waals surface area (Å²) in [6.07, 6.45) is 3.87. The molecule has 2 aliphatic rings. The van der Waals surface area contributed by atoms with Crippen LogP contribution >= 0.6 is 11.3 Å². The highest BCUT2D eigenvalue weighted by Crippen LogP contribution is 2.30. The Labute approximate surface area is 139 Å². The van der Waals surface area contributed by atoms with Crippen LogP contribution in [0.4, 0.5) is 10.6 Å². The molecule has 120 valence electrons. The number of amides is 2. The molecule has 1 fully saturated rings. The normalized spacial score (nSPS) is 18.2. The van der Waals surface area contributed by atoms with Crippen molar-refractivity contribution < 1.29 is 4.79 Å². The summed E-state index contributed by atoms with van der Waals surface area (Å²) < 4.78 is 0. The number of nitrogens with one attached hydrogen (secondary N) is 1. The van der Waals surface area contributed by atoms with E-state index in [9.17, 15) is 4.79 Å². The van der Waals surface area contributed by atoms with Gasteiger partial charge in [-0.05, 0) is 18.6 Å². The number of aromatic nitrogens is 2. The number of thiazole rings is 1. The third kappa shape index (κ3) is 2.70. The number of nitrogens with zero attached hydrogens (tertiary/aromatic N) is 4. The van der Waals surface area contributed by atoms with Gasteiger partial charge >= 0.3 is 6.03 Å². The number of likely N-dealkylation sites (N-methyl/N-ethyl adjacent to an activating group) is 1. The molecule has 2 amide bonds. The average molecular weight is 329 g/mol. The van der Waals surface area contributed by atoms with E-state index in [0.717, 1.165) is 43.0 Å². The smallest absolute Gasteiger partial charge is 0.325 e. The van der Waals surface area contributed by atoms with Crippen LogP contribution in [0.15, 0.2) is 18.3 Å². The van der Waals surface area contributed by atoms with Crippen molar-refractivity contribution in [3.8, 4) is 10.6 Å². The Hall–Kier alpha value is -1.99. The molecule has 1 N–H and O–H groups in total. The van der Waals surface area contributed by atoms with Crippen LogP contribution in [0.1, 0.15) is 10.6 Å². The van der Waals surface area contributed by atoms with Crippen LogP contribution in [-0.4, -0.2) is 54.1 Å². The highest BCUT2D eigenvalue weighted by Gasteiger charge is 2.27. The predicted octanol–water partition coefficient (Wildman–Crippen LogP) is 1.77. The monoisotopic (exact) mass is 329 g/mol. The zero-order valence-electron chi connectivity index (χ0n) is 13.1. The lowest BCUT2D eigenvalue weighted by molar-refractivity contribution is 0.229. The molecule has 4 heterocycles. The van der Waals surface area contributed by atoms with Crippen molar-refractivity contribution in [1.82, 2.24) is 20.2 Å². The van der Waals surface area contributed by atoms with Gasteiger partial charge in [-0.2, -0.15) is 0 Å². The van der Waals surface area contributed by atoms with E-state index >= 15 is 0 Å². The second-order valence-corrected chi connectivity index (χ2v) is 6.98. The first-order valence-corrected chi connectivity index (χ1v) is 8.72. The molecule has 2 aromatic rings. The first-order valence-electron chi connectivity index (χ1n) is 7.91. The van der Waals surface area contributed by atoms with E-state index in [1.807, 2.05) is 25.4 Å². The Morgan fingerprint density at radius 2 is 2.09 bits per heavy atom. The molecule has 0 aliphatic carbocycles. The van der Waals surface area contributed by atoms with Gasteiger partial charge in [0.2, 0.25) is 0 Å². The maximum absolute atomic E-state index is 12.0. The highest BCUT2D eigenvalue weighted by molar-refractivity contribution is 7.15. The van der Waals surface area contributed by atoms with E-state index in [1.165, 1.54) is 10.6 Å². The van der Waals surface area contributed by atoms with Gasteiger partial charge in [-0.25, -0.2) is 14.8 Å². The van der Waals surface area contributed by atoms with Crippen molar-refractivity contribution in [3.63, 3.8) is 0 Å². The summed E-state index contributed by atoms with van der Waals surface area (Å²) in [6, 6.07) is 3.95. The number of carbonyl (C=O) groups is 1. The van der Waals surface area contributed by atoms with Crippen molar-refractivity contribution in [1.29, 1.82) is 0 Å². The van der Waals surface area contributed by atoms with Gasteiger partial charge in [-0.1, -0.05) is 0 Å². The Balaban J connectivity index is 1.58. The molecule has 2 aromatic heterocycles. The van der Waals surface area contributed by atoms with Crippen LogP contribution < -0.4 is 10.2 Å². The summed E-state index contributed by atoms with van der Waals surface area (Å²) in [5.41, 5.74) is 2.25. The maximum Gasteiger partial charge on any atom is 0.325 e. The maximum atomic E-state index is 12.0. The number of carbonyl (C=O) groups excluding carboxylic acids is 1. The highest BCUT2D eigenvalue weighted by atomic mass is 32.1. The van der Waals surface area contributed by atoms with Crippen molar-refractivity contribution in [2.75, 3.05) is 38.1 Å². The van der Waals surface area contributed by atoms with Gasteiger partial charge in [-0.3, -0.25) is 4.90 Å². The number of hydrogen-bond acceptors (Lipinski definition) is 5. The Morgan fingerprint density at radius 3 is 2.83 bits per heavy atom. The largest absolute Gasteiger partial charge is 0.326 e. The summed E-state index contributed by atoms with van der Waals surface area (Å²) in [7, 11) is 1.81. The van der Waals surface area contributed by atoms with E-state index in [-0.39, 0.29) is 6.03 Å². The number of hydrogen-bond donors (Lipinski definition) is 1. The van der Waals surface area contributed by atoms with Gasteiger partial charge in [0.15, 0.2) is 0 Å². The summed E-state index contributed by atoms with van der Waals surface area (Å²) in [6.45, 7) is 3.46. The van der Waals surface area contributed by atoms with E-state index in [2.05, 4.69) is 10.3 Å². The van der Waals surface area contributed by atoms with E-state index in [4.69, 9.17) is 4.98 Å². The van der Waals surface area contributed by atoms with Crippen LogP contribution in [-0.2, 0) is 12.8 Å². The minimum Gasteiger partial charge on any atom is -0.326 e. The van der Waals surface area contributed by atoms with Crippen LogP contribution in [0.5, 0.6) is 0 Å². The average Bonchev–Trinajstić information content (AvgIpc) is 3.05. The SMILES string of the molecule is CN1CCN(c2ccc(-c3nc4c(s3)CCNCC4)cn2)C1=O. The van der Waals surface area contributed by atoms with Crippen LogP contribution in [0.3, 0.4) is 0 Å². The molecular formula is C16H19N5OS. The molecule has 7 heteroatoms. The number of fused-ring (bicyclic) bond motifs is 1. The van der Waals surface area contributed by atoms with Crippen molar-refractivity contribution >= 4 is 23.2 Å². The molecule has 0 bridgehead atoms. The number of rotatable bonds is 2. The Morgan fingerprint density at radius 1 is 1.22 bits per heavy atom. The van der Waals surface area contributed by atoms with Gasteiger partial charge < -0.3 is 10.2 Å². The van der Waals surface area contributed by atoms with Crippen molar-refractivity contribution in [2.24, 2.45) is 0 Å². The summed E-state index contributed by atoms with van der Waals surface area (Å²) in [5, 5.41) is 4.43. The second kappa shape index (κ2) is 5.90. The molecule has 6 nitrogen and oxygen atoms in total. The minimum absolute atomic E-state index is 0.0127. The third-order valence-electron chi connectivity index (χ3n) is 4.33. The first kappa shape index (κ1) is 14.6. The van der Waals surface area contributed by atoms with Crippen LogP contribution in [0.25, 0.3) is 10.6 Å². The lowest BCUT2D eigenvalue weighted by Crippen LogP contribution is -2.29. The summed E-state index contributed by atoms with van der Waals surface area (Å²) in [4.78, 5) is 26.1. The predicted molar refractivity (Wildman–Crippen MR) is 91.0 cm³/mol. The zero-order valence-corrected chi connectivity index (χ0v) is 13.9. The van der Waals surface area contributed by atoms with E-state index in [0.29, 0.717) is 12.4 Å². The third-order valence-corrected chi connectivity index (χ3v) is 5.54. The number of urea groups is 1. The van der Waals surface area contributed by atoms with Gasteiger partial charge in [0.25, 0.3) is 0 Å². The zero-order chi connectivity index (χ0) is 15.8. The fourth-order valence-corrected chi connectivity index (χ4v) is 4.06. The lowest BCUT2D eigenvalue weighted by Gasteiger charge is -2.14. The summed E-state index contributed by atoms with van der Waals surface area (Å²) >= 11 is 1.76. The van der Waals surface area contributed by atoms with Crippen molar-refractivity contribution in [3.05, 3.63) is 28.9 Å². The number of pyridine rings is 1. The molecule has 1 saturated heterocycles. The standard InChI is InChI=1S/C16H19N5OS/c1-20-8-9-21(16(20)22)14-3-2-11(10-18-14)15-19-12-4-6-17-7-5-13(12)23-15/h2-3,10,17H,4-9H2,1H3. The van der Waals surface area contributed by atoms with Gasteiger partial charge in [0, 0.05) is 56.3 Å². The summed E-state index contributed by atoms with van der Waals surface area (Å²) in [5.74, 6) is 0.713. The Bertz CT molecular complexity index is 703. The van der Waals surface area contributed by atoms with E-state index in [1.54, 1.807) is 21.1 Å². The lowest BCUT2D eigenvalue weighted by atomic mass is 10.2. The molecule has 4 rings (SSSR count). The van der Waals surface area contributed by atoms with Gasteiger partial charge in [0.1, 0.15) is 10.8 Å². The molecule has 23 heavy (non-hydrogen) atoms. The van der Waals surface area contributed by atoms with Crippen LogP contribution in [0.2, 0.25) is 0 Å². The molecule has 2 aliphatic heterocycles. The fraction of sp³-hybridized carbons (Fsp3) is 0.438. The minimum atomic E-state index is 0.0127. The molecule has 0 aromatic carbocycles. The van der Waals surface area contributed by atoms with E-state index < -0.39 is 0 Å². The molecule has 0 atom stereocenters. The Kier molecular flexibility index (Phi) is 3.74.